The number of nitrogens with zero attached hydrogens (tertiary/aromatic N) is 4. The van der Waals surface area contributed by atoms with Crippen LogP contribution >= 0.6 is 0 Å². The molecule has 0 saturated heterocycles. The summed E-state index contributed by atoms with van der Waals surface area (Å²) in [6.07, 6.45) is 5.70. The molecule has 0 aliphatic heterocycles. The van der Waals surface area contributed by atoms with Crippen molar-refractivity contribution >= 4 is 11.9 Å². The summed E-state index contributed by atoms with van der Waals surface area (Å²) in [5.74, 6) is -1.37. The molecule has 0 saturated carbocycles. The minimum atomic E-state index is -1.04. The third-order valence-electron chi connectivity index (χ3n) is 3.04. The molecular weight excluding hydrogens is 274 g/mol. The van der Waals surface area contributed by atoms with E-state index in [0.717, 1.165) is 6.42 Å². The van der Waals surface area contributed by atoms with Crippen LogP contribution in [0.3, 0.4) is 0 Å². The monoisotopic (exact) mass is 291 g/mol. The molecule has 0 aliphatic carbocycles. The molecule has 2 rings (SSSR count). The number of hydrogen-bond acceptors (Lipinski definition) is 4. The van der Waals surface area contributed by atoms with Crippen LogP contribution in [-0.2, 0) is 11.3 Å². The van der Waals surface area contributed by atoms with Crippen LogP contribution in [0.4, 0.5) is 0 Å². The lowest BCUT2D eigenvalue weighted by atomic mass is 10.3. The van der Waals surface area contributed by atoms with E-state index < -0.39 is 12.0 Å². The molecule has 0 fully saturated rings. The Morgan fingerprint density at radius 1 is 1.38 bits per heavy atom. The van der Waals surface area contributed by atoms with Gasteiger partial charge in [-0.25, -0.2) is 9.48 Å². The quantitative estimate of drug-likeness (QED) is 0.725. The van der Waals surface area contributed by atoms with Crippen LogP contribution in [0.2, 0.25) is 0 Å². The average molecular weight is 291 g/mol. The van der Waals surface area contributed by atoms with E-state index in [2.05, 4.69) is 15.5 Å². The Morgan fingerprint density at radius 3 is 2.86 bits per heavy atom. The van der Waals surface area contributed by atoms with Crippen molar-refractivity contribution in [2.24, 2.45) is 0 Å². The molecule has 0 bridgehead atoms. The van der Waals surface area contributed by atoms with Crippen molar-refractivity contribution in [1.29, 1.82) is 0 Å². The fraction of sp³-hybridized carbons (Fsp3) is 0.385. The zero-order chi connectivity index (χ0) is 15.2. The van der Waals surface area contributed by atoms with Gasteiger partial charge in [0.15, 0.2) is 0 Å². The lowest BCUT2D eigenvalue weighted by molar-refractivity contribution is -0.140. The van der Waals surface area contributed by atoms with E-state index in [1.807, 2.05) is 12.3 Å². The van der Waals surface area contributed by atoms with Crippen molar-refractivity contribution < 1.29 is 14.7 Å². The highest BCUT2D eigenvalue weighted by atomic mass is 16.4. The maximum absolute atomic E-state index is 12.0. The number of rotatable bonds is 7. The van der Waals surface area contributed by atoms with Gasteiger partial charge in [0.1, 0.15) is 11.7 Å². The number of carboxylic acids is 1. The number of nitrogens with one attached hydrogen (secondary N) is 1. The number of aliphatic carboxylic acids is 1. The van der Waals surface area contributed by atoms with Crippen LogP contribution in [0.25, 0.3) is 0 Å². The van der Waals surface area contributed by atoms with Crippen molar-refractivity contribution in [1.82, 2.24) is 24.9 Å². The molecule has 2 aromatic heterocycles. The molecule has 8 nitrogen and oxygen atoms in total. The molecule has 0 aliphatic rings. The zero-order valence-corrected chi connectivity index (χ0v) is 11.6. The molecule has 0 spiro atoms. The van der Waals surface area contributed by atoms with Crippen LogP contribution in [0.15, 0.2) is 30.7 Å². The fourth-order valence-corrected chi connectivity index (χ4v) is 1.87. The molecule has 21 heavy (non-hydrogen) atoms. The van der Waals surface area contributed by atoms with Crippen LogP contribution < -0.4 is 5.32 Å². The minimum Gasteiger partial charge on any atom is -0.480 e. The number of carbonyl (C=O) groups is 2. The van der Waals surface area contributed by atoms with Crippen LogP contribution in [0.1, 0.15) is 29.9 Å². The number of carboxylic acid groups (broad SMARTS) is 1. The third-order valence-corrected chi connectivity index (χ3v) is 3.04. The predicted molar refractivity (Wildman–Crippen MR) is 73.8 cm³/mol. The van der Waals surface area contributed by atoms with E-state index in [1.165, 1.54) is 23.9 Å². The summed E-state index contributed by atoms with van der Waals surface area (Å²) in [5, 5.41) is 19.7. The molecule has 2 heterocycles. The highest BCUT2D eigenvalue weighted by molar-refractivity contribution is 5.93. The molecule has 1 atom stereocenters. The van der Waals surface area contributed by atoms with Crippen molar-refractivity contribution in [2.75, 3.05) is 6.54 Å². The Kier molecular flexibility index (Phi) is 4.70. The summed E-state index contributed by atoms with van der Waals surface area (Å²) in [4.78, 5) is 23.0. The summed E-state index contributed by atoms with van der Waals surface area (Å²) >= 11 is 0. The van der Waals surface area contributed by atoms with Gasteiger partial charge in [0.2, 0.25) is 0 Å². The standard InChI is InChI=1S/C13H17N5O3/c1-10(13(20)21)18-11(4-7-16-18)12(19)14-5-2-8-17-9-3-6-15-17/h3-4,6-7,9-10H,2,5,8H2,1H3,(H,14,19)(H,20,21). The first-order valence-corrected chi connectivity index (χ1v) is 6.61. The number of amides is 1. The van der Waals surface area contributed by atoms with Crippen molar-refractivity contribution in [3.05, 3.63) is 36.4 Å². The Balaban J connectivity index is 1.86. The van der Waals surface area contributed by atoms with E-state index in [4.69, 9.17) is 5.11 Å². The summed E-state index contributed by atoms with van der Waals surface area (Å²) in [6, 6.07) is 2.46. The summed E-state index contributed by atoms with van der Waals surface area (Å²) in [7, 11) is 0. The minimum absolute atomic E-state index is 0.240. The van der Waals surface area contributed by atoms with Gasteiger partial charge >= 0.3 is 5.97 Å². The topological polar surface area (TPSA) is 102 Å². The van der Waals surface area contributed by atoms with E-state index >= 15 is 0 Å². The van der Waals surface area contributed by atoms with Gasteiger partial charge < -0.3 is 10.4 Å². The molecule has 8 heteroatoms. The Labute approximate surface area is 121 Å². The number of aryl methyl sites for hydroxylation is 1. The number of aromatic nitrogens is 4. The lowest BCUT2D eigenvalue weighted by Gasteiger charge is -2.11. The maximum atomic E-state index is 12.0. The first-order chi connectivity index (χ1) is 10.1. The SMILES string of the molecule is CC(C(=O)O)n1nccc1C(=O)NCCCn1cccn1. The van der Waals surface area contributed by atoms with Crippen LogP contribution in [-0.4, -0.2) is 43.1 Å². The molecular formula is C13H17N5O3. The van der Waals surface area contributed by atoms with Gasteiger partial charge in [0, 0.05) is 31.7 Å². The van der Waals surface area contributed by atoms with E-state index in [-0.39, 0.29) is 11.6 Å². The Bertz CT molecular complexity index is 605. The van der Waals surface area contributed by atoms with Crippen molar-refractivity contribution in [2.45, 2.75) is 25.9 Å². The van der Waals surface area contributed by atoms with Crippen LogP contribution in [0, 0.1) is 0 Å². The van der Waals surface area contributed by atoms with Gasteiger partial charge in [0.25, 0.3) is 5.91 Å². The summed E-state index contributed by atoms with van der Waals surface area (Å²) in [5.41, 5.74) is 0.240. The third kappa shape index (κ3) is 3.68. The van der Waals surface area contributed by atoms with E-state index in [0.29, 0.717) is 13.1 Å². The number of carbonyl (C=O) groups excluding carboxylic acids is 1. The fourth-order valence-electron chi connectivity index (χ4n) is 1.87. The van der Waals surface area contributed by atoms with Crippen LogP contribution in [0.5, 0.6) is 0 Å². The van der Waals surface area contributed by atoms with Gasteiger partial charge in [-0.15, -0.1) is 0 Å². The highest BCUT2D eigenvalue weighted by Crippen LogP contribution is 2.09. The highest BCUT2D eigenvalue weighted by Gasteiger charge is 2.20. The van der Waals surface area contributed by atoms with Gasteiger partial charge in [-0.3, -0.25) is 9.48 Å². The van der Waals surface area contributed by atoms with Gasteiger partial charge in [0.05, 0.1) is 0 Å². The summed E-state index contributed by atoms with van der Waals surface area (Å²) < 4.78 is 2.98. The molecule has 1 unspecified atom stereocenters. The second kappa shape index (κ2) is 6.69. The van der Waals surface area contributed by atoms with E-state index in [9.17, 15) is 9.59 Å². The average Bonchev–Trinajstić information content (AvgIpc) is 3.13. The molecule has 0 aromatic carbocycles. The van der Waals surface area contributed by atoms with E-state index in [1.54, 1.807) is 10.9 Å². The van der Waals surface area contributed by atoms with Gasteiger partial charge in [-0.05, 0) is 25.5 Å². The molecule has 0 radical (unpaired) electrons. The Morgan fingerprint density at radius 2 is 2.19 bits per heavy atom. The van der Waals surface area contributed by atoms with Crippen molar-refractivity contribution in [3.8, 4) is 0 Å². The normalized spacial score (nSPS) is 12.0. The zero-order valence-electron chi connectivity index (χ0n) is 11.6. The largest absolute Gasteiger partial charge is 0.480 e. The molecule has 112 valence electrons. The summed E-state index contributed by atoms with van der Waals surface area (Å²) in [6.45, 7) is 2.66. The smallest absolute Gasteiger partial charge is 0.328 e. The van der Waals surface area contributed by atoms with Gasteiger partial charge in [-0.1, -0.05) is 0 Å². The number of hydrogen-bond donors (Lipinski definition) is 2. The lowest BCUT2D eigenvalue weighted by Crippen LogP contribution is -2.30. The maximum Gasteiger partial charge on any atom is 0.328 e. The molecule has 2 N–H and O–H groups in total. The first-order valence-electron chi connectivity index (χ1n) is 6.61. The van der Waals surface area contributed by atoms with Crippen molar-refractivity contribution in [3.63, 3.8) is 0 Å². The predicted octanol–water partition coefficient (Wildman–Crippen LogP) is 0.545. The second-order valence-electron chi connectivity index (χ2n) is 4.55. The second-order valence-corrected chi connectivity index (χ2v) is 4.55. The Hall–Kier alpha value is -2.64. The first kappa shape index (κ1) is 14.8. The molecule has 1 amide bonds. The molecule has 2 aromatic rings. The van der Waals surface area contributed by atoms with Gasteiger partial charge in [-0.2, -0.15) is 10.2 Å².